The molecular weight excluding hydrogens is 355 g/mol. The molecule has 0 aliphatic carbocycles. The summed E-state index contributed by atoms with van der Waals surface area (Å²) in [6.07, 6.45) is -1.60. The number of cyclic esters (lactones) is 1. The van der Waals surface area contributed by atoms with E-state index in [0.29, 0.717) is 24.5 Å². The Bertz CT molecular complexity index is 743. The van der Waals surface area contributed by atoms with Crippen LogP contribution in [0.1, 0.15) is 0 Å². The number of carbonyl (C=O) groups excluding carboxylic acids is 1. The summed E-state index contributed by atoms with van der Waals surface area (Å²) in [4.78, 5) is 15.0. The van der Waals surface area contributed by atoms with E-state index in [1.807, 2.05) is 0 Å². The number of alkyl halides is 1. The Kier molecular flexibility index (Phi) is 5.11. The van der Waals surface area contributed by atoms with Crippen molar-refractivity contribution in [3.8, 4) is 0 Å². The van der Waals surface area contributed by atoms with Crippen molar-refractivity contribution in [3.05, 3.63) is 24.3 Å². The van der Waals surface area contributed by atoms with Crippen molar-refractivity contribution < 1.29 is 31.3 Å². The average Bonchev–Trinajstić information content (AvgIpc) is 2.94. The molecule has 0 bridgehead atoms. The van der Waals surface area contributed by atoms with E-state index >= 15 is 0 Å². The third-order valence-electron chi connectivity index (χ3n) is 3.89. The highest BCUT2D eigenvalue weighted by Gasteiger charge is 2.33. The van der Waals surface area contributed by atoms with Gasteiger partial charge in [0.05, 0.1) is 26.0 Å². The number of amides is 1. The summed E-state index contributed by atoms with van der Waals surface area (Å²) in [7, 11) is -3.61. The third-order valence-corrected chi connectivity index (χ3v) is 4.45. The standard InChI is InChI=1S/C15H19FN2O6S/c1-25(20,21)23-9-13-8-18(15(19)24-13)12-4-2-3-11(7-12)17-5-6-22-10-14(17)16/h2-4,7,13-14H,5-6,8-10H2,1H3/t13-,14?/m1/s1. The van der Waals surface area contributed by atoms with Crippen LogP contribution in [0, 0.1) is 0 Å². The molecule has 2 aliphatic rings. The summed E-state index contributed by atoms with van der Waals surface area (Å²) in [5, 5.41) is 0. The lowest BCUT2D eigenvalue weighted by Crippen LogP contribution is -2.43. The molecule has 3 rings (SSSR count). The van der Waals surface area contributed by atoms with Crippen molar-refractivity contribution in [2.45, 2.75) is 12.4 Å². The Morgan fingerprint density at radius 2 is 2.12 bits per heavy atom. The molecule has 1 aromatic rings. The minimum absolute atomic E-state index is 0.000881. The molecule has 2 saturated heterocycles. The smallest absolute Gasteiger partial charge is 0.414 e. The number of ether oxygens (including phenoxy) is 2. The van der Waals surface area contributed by atoms with E-state index < -0.39 is 28.6 Å². The van der Waals surface area contributed by atoms with Crippen LogP contribution in [0.15, 0.2) is 24.3 Å². The molecular formula is C15H19FN2O6S. The predicted octanol–water partition coefficient (Wildman–Crippen LogP) is 1.12. The van der Waals surface area contributed by atoms with Gasteiger partial charge >= 0.3 is 6.09 Å². The molecule has 0 radical (unpaired) electrons. The second kappa shape index (κ2) is 7.14. The highest BCUT2D eigenvalue weighted by Crippen LogP contribution is 2.28. The Morgan fingerprint density at radius 3 is 2.84 bits per heavy atom. The SMILES string of the molecule is CS(=O)(=O)OC[C@H]1CN(c2cccc(N3CCOCC3F)c2)C(=O)O1. The number of nitrogens with zero attached hydrogens (tertiary/aromatic N) is 2. The van der Waals surface area contributed by atoms with Crippen LogP contribution in [0.4, 0.5) is 20.6 Å². The predicted molar refractivity (Wildman–Crippen MR) is 87.9 cm³/mol. The number of benzene rings is 1. The van der Waals surface area contributed by atoms with Crippen molar-refractivity contribution >= 4 is 27.6 Å². The van der Waals surface area contributed by atoms with Gasteiger partial charge in [0.2, 0.25) is 0 Å². The molecule has 2 aliphatic heterocycles. The number of carbonyl (C=O) groups is 1. The first kappa shape index (κ1) is 17.9. The summed E-state index contributed by atoms with van der Waals surface area (Å²) in [5.74, 6) is 0. The fourth-order valence-corrected chi connectivity index (χ4v) is 3.12. The Balaban J connectivity index is 1.71. The van der Waals surface area contributed by atoms with E-state index in [1.54, 1.807) is 29.2 Å². The van der Waals surface area contributed by atoms with Gasteiger partial charge in [-0.1, -0.05) is 6.07 Å². The van der Waals surface area contributed by atoms with Gasteiger partial charge in [-0.2, -0.15) is 8.42 Å². The summed E-state index contributed by atoms with van der Waals surface area (Å²) in [5.41, 5.74) is 1.18. The molecule has 0 saturated carbocycles. The zero-order valence-corrected chi connectivity index (χ0v) is 14.4. The average molecular weight is 374 g/mol. The number of hydrogen-bond acceptors (Lipinski definition) is 7. The molecule has 8 nitrogen and oxygen atoms in total. The van der Waals surface area contributed by atoms with Gasteiger partial charge in [-0.15, -0.1) is 0 Å². The summed E-state index contributed by atoms with van der Waals surface area (Å²) >= 11 is 0. The van der Waals surface area contributed by atoms with Gasteiger partial charge in [0, 0.05) is 17.9 Å². The van der Waals surface area contributed by atoms with Crippen LogP contribution in [-0.4, -0.2) is 66.1 Å². The summed E-state index contributed by atoms with van der Waals surface area (Å²) in [6.45, 7) is 0.763. The van der Waals surface area contributed by atoms with Gasteiger partial charge in [0.25, 0.3) is 10.1 Å². The first-order valence-corrected chi connectivity index (χ1v) is 9.56. The zero-order chi connectivity index (χ0) is 18.0. The van der Waals surface area contributed by atoms with Gasteiger partial charge in [0.1, 0.15) is 12.7 Å². The third kappa shape index (κ3) is 4.39. The van der Waals surface area contributed by atoms with E-state index in [4.69, 9.17) is 9.47 Å². The van der Waals surface area contributed by atoms with Crippen LogP contribution < -0.4 is 9.80 Å². The van der Waals surface area contributed by atoms with Crippen LogP contribution in [-0.2, 0) is 23.8 Å². The van der Waals surface area contributed by atoms with Crippen LogP contribution in [0.2, 0.25) is 0 Å². The molecule has 1 aromatic carbocycles. The minimum Gasteiger partial charge on any atom is -0.441 e. The first-order valence-electron chi connectivity index (χ1n) is 7.74. The maximum absolute atomic E-state index is 14.0. The largest absolute Gasteiger partial charge is 0.441 e. The van der Waals surface area contributed by atoms with Gasteiger partial charge in [-0.25, -0.2) is 9.18 Å². The number of hydrogen-bond donors (Lipinski definition) is 0. The topological polar surface area (TPSA) is 85.4 Å². The second-order valence-electron chi connectivity index (χ2n) is 5.83. The Labute approximate surface area is 145 Å². The lowest BCUT2D eigenvalue weighted by molar-refractivity contribution is 0.0497. The molecule has 1 unspecified atom stereocenters. The minimum atomic E-state index is -3.61. The monoisotopic (exact) mass is 374 g/mol. The Morgan fingerprint density at radius 1 is 1.36 bits per heavy atom. The first-order chi connectivity index (χ1) is 11.8. The molecule has 2 atom stereocenters. The number of rotatable bonds is 5. The summed E-state index contributed by atoms with van der Waals surface area (Å²) < 4.78 is 51.0. The lowest BCUT2D eigenvalue weighted by Gasteiger charge is -2.32. The normalized spacial score (nSPS) is 24.5. The second-order valence-corrected chi connectivity index (χ2v) is 7.47. The van der Waals surface area contributed by atoms with Crippen molar-refractivity contribution in [2.24, 2.45) is 0 Å². The Hall–Kier alpha value is -1.91. The highest BCUT2D eigenvalue weighted by molar-refractivity contribution is 7.85. The van der Waals surface area contributed by atoms with E-state index in [1.165, 1.54) is 4.90 Å². The highest BCUT2D eigenvalue weighted by atomic mass is 32.2. The molecule has 2 fully saturated rings. The molecule has 10 heteroatoms. The van der Waals surface area contributed by atoms with Crippen molar-refractivity contribution in [2.75, 3.05) is 49.0 Å². The molecule has 0 aromatic heterocycles. The quantitative estimate of drug-likeness (QED) is 0.564. The van der Waals surface area contributed by atoms with Gasteiger partial charge in [-0.05, 0) is 18.2 Å². The molecule has 0 N–H and O–H groups in total. The van der Waals surface area contributed by atoms with Crippen LogP contribution in [0.25, 0.3) is 0 Å². The number of halogens is 1. The van der Waals surface area contributed by atoms with Crippen molar-refractivity contribution in [1.29, 1.82) is 0 Å². The fraction of sp³-hybridized carbons (Fsp3) is 0.533. The molecule has 2 heterocycles. The molecule has 1 amide bonds. The van der Waals surface area contributed by atoms with Gasteiger partial charge < -0.3 is 14.4 Å². The van der Waals surface area contributed by atoms with E-state index in [0.717, 1.165) is 6.26 Å². The van der Waals surface area contributed by atoms with Crippen LogP contribution in [0.3, 0.4) is 0 Å². The maximum atomic E-state index is 14.0. The number of morpholine rings is 1. The van der Waals surface area contributed by atoms with Crippen LogP contribution >= 0.6 is 0 Å². The van der Waals surface area contributed by atoms with Crippen molar-refractivity contribution in [3.63, 3.8) is 0 Å². The van der Waals surface area contributed by atoms with Gasteiger partial charge in [0.15, 0.2) is 6.30 Å². The maximum Gasteiger partial charge on any atom is 0.414 e. The van der Waals surface area contributed by atoms with Crippen molar-refractivity contribution in [1.82, 2.24) is 0 Å². The van der Waals surface area contributed by atoms with E-state index in [-0.39, 0.29) is 19.8 Å². The van der Waals surface area contributed by atoms with Crippen LogP contribution in [0.5, 0.6) is 0 Å². The molecule has 138 valence electrons. The number of anilines is 2. The van der Waals surface area contributed by atoms with E-state index in [2.05, 4.69) is 4.18 Å². The fourth-order valence-electron chi connectivity index (χ4n) is 2.72. The molecule has 25 heavy (non-hydrogen) atoms. The zero-order valence-electron chi connectivity index (χ0n) is 13.6. The molecule has 0 spiro atoms. The van der Waals surface area contributed by atoms with E-state index in [9.17, 15) is 17.6 Å². The summed E-state index contributed by atoms with van der Waals surface area (Å²) in [6, 6.07) is 6.88. The van der Waals surface area contributed by atoms with Gasteiger partial charge in [-0.3, -0.25) is 9.08 Å². The lowest BCUT2D eigenvalue weighted by atomic mass is 10.2.